The fourth-order valence-electron chi connectivity index (χ4n) is 5.97. The van der Waals surface area contributed by atoms with E-state index < -0.39 is 6.09 Å². The lowest BCUT2D eigenvalue weighted by Gasteiger charge is -2.42. The van der Waals surface area contributed by atoms with E-state index in [2.05, 4.69) is 31.8 Å². The van der Waals surface area contributed by atoms with E-state index in [0.717, 1.165) is 36.3 Å². The highest BCUT2D eigenvalue weighted by molar-refractivity contribution is 9.10. The first kappa shape index (κ1) is 24.3. The monoisotopic (exact) mass is 539 g/mol. The Morgan fingerprint density at radius 2 is 1.74 bits per heavy atom. The summed E-state index contributed by atoms with van der Waals surface area (Å²) in [6.07, 6.45) is 7.62. The van der Waals surface area contributed by atoms with Crippen molar-refractivity contribution >= 4 is 33.8 Å². The molecule has 35 heavy (non-hydrogen) atoms. The van der Waals surface area contributed by atoms with Crippen LogP contribution in [0.4, 0.5) is 10.5 Å². The predicted octanol–water partition coefficient (Wildman–Crippen LogP) is 6.03. The van der Waals surface area contributed by atoms with E-state index >= 15 is 0 Å². The van der Waals surface area contributed by atoms with Crippen LogP contribution in [0.25, 0.3) is 6.08 Å². The molecule has 3 heterocycles. The number of hydrogen-bond acceptors (Lipinski definition) is 4. The molecule has 2 saturated heterocycles. The predicted molar refractivity (Wildman–Crippen MR) is 143 cm³/mol. The average Bonchev–Trinajstić information content (AvgIpc) is 2.89. The van der Waals surface area contributed by atoms with Crippen LogP contribution in [-0.4, -0.2) is 66.9 Å². The number of rotatable bonds is 5. The van der Waals surface area contributed by atoms with Gasteiger partial charge < -0.3 is 14.7 Å². The highest BCUT2D eigenvalue weighted by Crippen LogP contribution is 2.47. The standard InChI is InChI=1S/C28H34BrN3O3/c1-35-24-11-10-21-18-22(19-30-16-12-23(13-17-30)31-14-6-3-7-15-31)26(20-8-4-2-5-9-20)32(28(33)34)27(21)25(24)29/h2,4-5,8-11,18,23,26H,3,6-7,12-17,19H2,1H3,(H,33,34). The number of benzene rings is 2. The lowest BCUT2D eigenvalue weighted by Crippen LogP contribution is -2.48. The largest absolute Gasteiger partial charge is 0.495 e. The first-order valence-corrected chi connectivity index (χ1v) is 13.5. The van der Waals surface area contributed by atoms with Gasteiger partial charge in [-0.15, -0.1) is 0 Å². The minimum absolute atomic E-state index is 0.385. The second kappa shape index (κ2) is 10.7. The third-order valence-electron chi connectivity index (χ3n) is 7.71. The molecule has 0 aromatic heterocycles. The molecule has 0 radical (unpaired) electrons. The van der Waals surface area contributed by atoms with Gasteiger partial charge in [-0.3, -0.25) is 9.80 Å². The van der Waals surface area contributed by atoms with Crippen LogP contribution in [0.15, 0.2) is 52.5 Å². The number of anilines is 1. The van der Waals surface area contributed by atoms with Crippen molar-refractivity contribution < 1.29 is 14.6 Å². The zero-order valence-corrected chi connectivity index (χ0v) is 21.9. The number of carboxylic acid groups (broad SMARTS) is 1. The van der Waals surface area contributed by atoms with Gasteiger partial charge in [0.05, 0.1) is 23.3 Å². The summed E-state index contributed by atoms with van der Waals surface area (Å²) in [6.45, 7) is 5.35. The number of fused-ring (bicyclic) bond motifs is 1. The molecule has 2 aromatic rings. The van der Waals surface area contributed by atoms with Crippen molar-refractivity contribution in [2.45, 2.75) is 44.2 Å². The SMILES string of the molecule is COc1ccc2c(c1Br)N(C(=O)O)C(c1ccccc1)C(CN1CCC(N3CCCCC3)CC1)=C2. The van der Waals surface area contributed by atoms with Crippen molar-refractivity contribution in [3.63, 3.8) is 0 Å². The minimum Gasteiger partial charge on any atom is -0.495 e. The summed E-state index contributed by atoms with van der Waals surface area (Å²) in [5.41, 5.74) is 3.62. The Morgan fingerprint density at radius 3 is 2.40 bits per heavy atom. The van der Waals surface area contributed by atoms with Crippen LogP contribution in [0.5, 0.6) is 5.75 Å². The summed E-state index contributed by atoms with van der Waals surface area (Å²) < 4.78 is 6.15. The van der Waals surface area contributed by atoms with Crippen molar-refractivity contribution in [1.82, 2.24) is 9.80 Å². The number of ether oxygens (including phenoxy) is 1. The number of likely N-dealkylation sites (tertiary alicyclic amines) is 2. The highest BCUT2D eigenvalue weighted by atomic mass is 79.9. The fraction of sp³-hybridized carbons (Fsp3) is 0.464. The molecule has 3 aliphatic heterocycles. The van der Waals surface area contributed by atoms with Gasteiger partial charge in [-0.25, -0.2) is 4.79 Å². The third-order valence-corrected chi connectivity index (χ3v) is 8.48. The fourth-order valence-corrected chi connectivity index (χ4v) is 6.69. The van der Waals surface area contributed by atoms with Crippen molar-refractivity contribution in [3.05, 3.63) is 63.6 Å². The second-order valence-electron chi connectivity index (χ2n) is 9.81. The quantitative estimate of drug-likeness (QED) is 0.502. The zero-order chi connectivity index (χ0) is 24.4. The Bertz CT molecular complexity index is 1080. The summed E-state index contributed by atoms with van der Waals surface area (Å²) in [5.74, 6) is 0.624. The van der Waals surface area contributed by atoms with E-state index in [0.29, 0.717) is 22.0 Å². The van der Waals surface area contributed by atoms with Crippen LogP contribution in [0.1, 0.15) is 49.3 Å². The van der Waals surface area contributed by atoms with E-state index in [9.17, 15) is 9.90 Å². The number of carbonyl (C=O) groups is 1. The molecular formula is C28H34BrN3O3. The van der Waals surface area contributed by atoms with Gasteiger partial charge >= 0.3 is 6.09 Å². The number of amides is 1. The van der Waals surface area contributed by atoms with E-state index in [1.807, 2.05) is 42.5 Å². The summed E-state index contributed by atoms with van der Waals surface area (Å²) in [4.78, 5) is 19.4. The zero-order valence-electron chi connectivity index (χ0n) is 20.3. The highest BCUT2D eigenvalue weighted by Gasteiger charge is 2.37. The Hall–Kier alpha value is -2.35. The molecule has 1 N–H and O–H groups in total. The Kier molecular flexibility index (Phi) is 7.46. The van der Waals surface area contributed by atoms with E-state index in [4.69, 9.17) is 4.74 Å². The molecule has 3 aliphatic rings. The van der Waals surface area contributed by atoms with Gasteiger partial charge in [-0.1, -0.05) is 36.8 Å². The molecule has 1 unspecified atom stereocenters. The van der Waals surface area contributed by atoms with Crippen LogP contribution >= 0.6 is 15.9 Å². The number of piperidine rings is 2. The minimum atomic E-state index is -0.969. The van der Waals surface area contributed by atoms with Crippen LogP contribution < -0.4 is 9.64 Å². The van der Waals surface area contributed by atoms with Gasteiger partial charge in [0, 0.05) is 12.6 Å². The van der Waals surface area contributed by atoms with Gasteiger partial charge in [-0.2, -0.15) is 0 Å². The van der Waals surface area contributed by atoms with E-state index in [1.165, 1.54) is 50.1 Å². The smallest absolute Gasteiger partial charge is 0.412 e. The number of nitrogens with zero attached hydrogens (tertiary/aromatic N) is 3. The molecule has 186 valence electrons. The lowest BCUT2D eigenvalue weighted by atomic mass is 9.89. The van der Waals surface area contributed by atoms with Crippen LogP contribution in [-0.2, 0) is 0 Å². The van der Waals surface area contributed by atoms with Crippen molar-refractivity contribution in [2.24, 2.45) is 0 Å². The van der Waals surface area contributed by atoms with Crippen LogP contribution in [0.2, 0.25) is 0 Å². The summed E-state index contributed by atoms with van der Waals surface area (Å²) in [6, 6.07) is 14.1. The molecule has 1 amide bonds. The number of halogens is 1. The van der Waals surface area contributed by atoms with Crippen LogP contribution in [0, 0.1) is 0 Å². The van der Waals surface area contributed by atoms with Gasteiger partial charge in [0.2, 0.25) is 0 Å². The molecule has 2 fully saturated rings. The van der Waals surface area contributed by atoms with Gasteiger partial charge in [0.1, 0.15) is 5.75 Å². The molecule has 0 saturated carbocycles. The molecule has 1 atom stereocenters. The van der Waals surface area contributed by atoms with Crippen LogP contribution in [0.3, 0.4) is 0 Å². The lowest BCUT2D eigenvalue weighted by molar-refractivity contribution is 0.0959. The summed E-state index contributed by atoms with van der Waals surface area (Å²) >= 11 is 3.62. The maximum absolute atomic E-state index is 12.7. The molecule has 7 heteroatoms. The third kappa shape index (κ3) is 4.99. The maximum atomic E-state index is 12.7. The Balaban J connectivity index is 1.45. The first-order chi connectivity index (χ1) is 17.1. The van der Waals surface area contributed by atoms with Crippen molar-refractivity contribution in [3.8, 4) is 5.75 Å². The Labute approximate surface area is 216 Å². The normalized spacial score (nSPS) is 21.9. The number of methoxy groups -OCH3 is 1. The van der Waals surface area contributed by atoms with E-state index in [-0.39, 0.29) is 6.04 Å². The molecule has 0 bridgehead atoms. The van der Waals surface area contributed by atoms with E-state index in [1.54, 1.807) is 7.11 Å². The number of hydrogen-bond donors (Lipinski definition) is 1. The molecule has 6 nitrogen and oxygen atoms in total. The van der Waals surface area contributed by atoms with Crippen molar-refractivity contribution in [1.29, 1.82) is 0 Å². The average molecular weight is 541 g/mol. The topological polar surface area (TPSA) is 56.2 Å². The summed E-state index contributed by atoms with van der Waals surface area (Å²) in [5, 5.41) is 10.4. The van der Waals surface area contributed by atoms with Gasteiger partial charge in [-0.05, 0) is 103 Å². The van der Waals surface area contributed by atoms with Gasteiger partial charge in [0.25, 0.3) is 0 Å². The second-order valence-corrected chi connectivity index (χ2v) is 10.6. The Morgan fingerprint density at radius 1 is 1.03 bits per heavy atom. The molecule has 0 spiro atoms. The summed E-state index contributed by atoms with van der Waals surface area (Å²) in [7, 11) is 1.60. The first-order valence-electron chi connectivity index (χ1n) is 12.7. The maximum Gasteiger partial charge on any atom is 0.412 e. The molecular weight excluding hydrogens is 506 g/mol. The van der Waals surface area contributed by atoms with Gasteiger partial charge in [0.15, 0.2) is 0 Å². The molecule has 5 rings (SSSR count). The molecule has 0 aliphatic carbocycles. The van der Waals surface area contributed by atoms with Crippen molar-refractivity contribution in [2.75, 3.05) is 44.7 Å². The molecule has 2 aromatic carbocycles.